The number of anilines is 2. The fourth-order valence-electron chi connectivity index (χ4n) is 7.52. The highest BCUT2D eigenvalue weighted by Crippen LogP contribution is 2.38. The predicted molar refractivity (Wildman–Crippen MR) is 179 cm³/mol. The lowest BCUT2D eigenvalue weighted by Crippen LogP contribution is -2.45. The molecular weight excluding hydrogens is 599 g/mol. The standard InChI is InChI=1S/C37H41FN4O5/c1-23-20-40(21-24(2)47-23)33-15-11-28(41-16-6-9-35(41)43)17-26(33)22-46-29-12-13-30(31(38)19-29)36-39-32-18-25(37(44)45)10-14-34(32)42(36)27-7-4-3-5-8-27/h10-15,17-19,23-24,27H,3-9,16,20-22H2,1-2H3,(H,44,45)/t23-,24+. The highest BCUT2D eigenvalue weighted by atomic mass is 19.1. The molecule has 0 unspecified atom stereocenters. The highest BCUT2D eigenvalue weighted by molar-refractivity contribution is 5.96. The van der Waals surface area contributed by atoms with Gasteiger partial charge in [0.25, 0.3) is 0 Å². The molecule has 0 spiro atoms. The van der Waals surface area contributed by atoms with Gasteiger partial charge in [0.2, 0.25) is 5.91 Å². The third-order valence-electron chi connectivity index (χ3n) is 9.66. The molecule has 4 aromatic rings. The zero-order valence-electron chi connectivity index (χ0n) is 27.0. The number of carbonyl (C=O) groups excluding carboxylic acids is 1. The smallest absolute Gasteiger partial charge is 0.335 e. The second kappa shape index (κ2) is 13.0. The minimum absolute atomic E-state index is 0.0718. The first-order valence-corrected chi connectivity index (χ1v) is 16.8. The molecule has 3 aromatic carbocycles. The summed E-state index contributed by atoms with van der Waals surface area (Å²) in [7, 11) is 0. The van der Waals surface area contributed by atoms with Gasteiger partial charge in [-0.05, 0) is 81.6 Å². The highest BCUT2D eigenvalue weighted by Gasteiger charge is 2.28. The van der Waals surface area contributed by atoms with Gasteiger partial charge in [0, 0.05) is 55.1 Å². The van der Waals surface area contributed by atoms with E-state index in [1.165, 1.54) is 12.5 Å². The first-order chi connectivity index (χ1) is 22.7. The molecule has 1 aromatic heterocycles. The third kappa shape index (κ3) is 6.31. The summed E-state index contributed by atoms with van der Waals surface area (Å²) in [6.07, 6.45) is 6.81. The summed E-state index contributed by atoms with van der Waals surface area (Å²) in [5.74, 6) is -0.474. The molecule has 1 amide bonds. The van der Waals surface area contributed by atoms with Crippen molar-refractivity contribution in [3.63, 3.8) is 0 Å². The number of hydrogen-bond acceptors (Lipinski definition) is 6. The summed E-state index contributed by atoms with van der Waals surface area (Å²) in [4.78, 5) is 33.1. The summed E-state index contributed by atoms with van der Waals surface area (Å²) < 4.78 is 30.3. The molecule has 1 saturated carbocycles. The molecule has 0 radical (unpaired) electrons. The van der Waals surface area contributed by atoms with Crippen LogP contribution in [0.1, 0.15) is 80.8 Å². The molecule has 246 valence electrons. The Morgan fingerprint density at radius 3 is 2.49 bits per heavy atom. The van der Waals surface area contributed by atoms with E-state index in [2.05, 4.69) is 29.4 Å². The molecule has 2 atom stereocenters. The Morgan fingerprint density at radius 1 is 1.00 bits per heavy atom. The van der Waals surface area contributed by atoms with Crippen LogP contribution in [-0.2, 0) is 16.1 Å². The van der Waals surface area contributed by atoms with Crippen molar-refractivity contribution < 1.29 is 28.6 Å². The number of benzene rings is 3. The maximum atomic E-state index is 16.0. The average molecular weight is 641 g/mol. The molecule has 47 heavy (non-hydrogen) atoms. The molecule has 1 aliphatic carbocycles. The number of imidazole rings is 1. The lowest BCUT2D eigenvalue weighted by Gasteiger charge is -2.38. The number of amides is 1. The van der Waals surface area contributed by atoms with Gasteiger partial charge >= 0.3 is 5.97 Å². The van der Waals surface area contributed by atoms with Crippen LogP contribution in [0.25, 0.3) is 22.4 Å². The summed E-state index contributed by atoms with van der Waals surface area (Å²) in [6, 6.07) is 16.0. The molecule has 3 fully saturated rings. The Morgan fingerprint density at radius 2 is 1.79 bits per heavy atom. The second-order valence-electron chi connectivity index (χ2n) is 13.2. The van der Waals surface area contributed by atoms with E-state index in [9.17, 15) is 14.7 Å². The van der Waals surface area contributed by atoms with E-state index in [1.54, 1.807) is 30.3 Å². The number of fused-ring (bicyclic) bond motifs is 1. The number of halogens is 1. The van der Waals surface area contributed by atoms with Crippen molar-refractivity contribution in [1.82, 2.24) is 9.55 Å². The van der Waals surface area contributed by atoms with Crippen molar-refractivity contribution in [2.24, 2.45) is 0 Å². The van der Waals surface area contributed by atoms with Crippen molar-refractivity contribution in [3.05, 3.63) is 71.5 Å². The summed E-state index contributed by atoms with van der Waals surface area (Å²) >= 11 is 0. The molecule has 0 bridgehead atoms. The molecule has 9 nitrogen and oxygen atoms in total. The van der Waals surface area contributed by atoms with E-state index in [-0.39, 0.29) is 36.3 Å². The van der Waals surface area contributed by atoms with Crippen LogP contribution in [0, 0.1) is 5.82 Å². The maximum absolute atomic E-state index is 16.0. The number of aromatic carboxylic acids is 1. The first kappa shape index (κ1) is 31.2. The number of nitrogens with zero attached hydrogens (tertiary/aromatic N) is 4. The van der Waals surface area contributed by atoms with E-state index in [1.807, 2.05) is 17.0 Å². The van der Waals surface area contributed by atoms with Crippen LogP contribution in [0.4, 0.5) is 15.8 Å². The van der Waals surface area contributed by atoms with Gasteiger partial charge in [-0.3, -0.25) is 4.79 Å². The van der Waals surface area contributed by atoms with Crippen LogP contribution in [-0.4, -0.2) is 58.4 Å². The van der Waals surface area contributed by atoms with Crippen molar-refractivity contribution in [1.29, 1.82) is 0 Å². The Balaban J connectivity index is 1.19. The van der Waals surface area contributed by atoms with Crippen LogP contribution in [0.2, 0.25) is 0 Å². The Kier molecular flexibility index (Phi) is 8.61. The molecule has 1 N–H and O–H groups in total. The lowest BCUT2D eigenvalue weighted by molar-refractivity contribution is -0.117. The maximum Gasteiger partial charge on any atom is 0.335 e. The number of hydrogen-bond donors (Lipinski definition) is 1. The predicted octanol–water partition coefficient (Wildman–Crippen LogP) is 7.37. The minimum Gasteiger partial charge on any atom is -0.489 e. The monoisotopic (exact) mass is 640 g/mol. The number of aromatic nitrogens is 2. The molecule has 2 saturated heterocycles. The largest absolute Gasteiger partial charge is 0.489 e. The normalized spacial score (nSPS) is 20.7. The average Bonchev–Trinajstić information content (AvgIpc) is 3.66. The Labute approximate surface area is 273 Å². The fraction of sp³-hybridized carbons (Fsp3) is 0.432. The van der Waals surface area contributed by atoms with Gasteiger partial charge in [-0.2, -0.15) is 0 Å². The zero-order chi connectivity index (χ0) is 32.7. The Bertz CT molecular complexity index is 1810. The van der Waals surface area contributed by atoms with Crippen molar-refractivity contribution in [2.45, 2.75) is 83.6 Å². The number of rotatable bonds is 8. The molecule has 7 rings (SSSR count). The quantitative estimate of drug-likeness (QED) is 0.215. The summed E-state index contributed by atoms with van der Waals surface area (Å²) in [6.45, 7) is 6.49. The molecule has 3 heterocycles. The van der Waals surface area contributed by atoms with Crippen LogP contribution < -0.4 is 14.5 Å². The molecule has 2 aliphatic heterocycles. The molecular formula is C37H41FN4O5. The van der Waals surface area contributed by atoms with Gasteiger partial charge in [0.05, 0.1) is 34.4 Å². The van der Waals surface area contributed by atoms with Crippen LogP contribution in [0.3, 0.4) is 0 Å². The topological polar surface area (TPSA) is 97.1 Å². The van der Waals surface area contributed by atoms with Gasteiger partial charge < -0.3 is 28.9 Å². The van der Waals surface area contributed by atoms with E-state index < -0.39 is 11.8 Å². The number of carbonyl (C=O) groups is 2. The van der Waals surface area contributed by atoms with Crippen molar-refractivity contribution in [2.75, 3.05) is 29.4 Å². The third-order valence-corrected chi connectivity index (χ3v) is 9.66. The van der Waals surface area contributed by atoms with E-state index in [0.717, 1.165) is 67.6 Å². The summed E-state index contributed by atoms with van der Waals surface area (Å²) in [5, 5.41) is 9.56. The second-order valence-corrected chi connectivity index (χ2v) is 13.2. The SMILES string of the molecule is C[C@@H]1CN(c2ccc(N3CCCC3=O)cc2COc2ccc(-c3nc4cc(C(=O)O)ccc4n3C3CCCCC3)c(F)c2)C[C@H](C)O1. The van der Waals surface area contributed by atoms with Crippen LogP contribution in [0.15, 0.2) is 54.6 Å². The number of carboxylic acids is 1. The number of morpholine rings is 1. The molecule has 3 aliphatic rings. The van der Waals surface area contributed by atoms with Crippen molar-refractivity contribution in [3.8, 4) is 17.1 Å². The number of ether oxygens (including phenoxy) is 2. The lowest BCUT2D eigenvalue weighted by atomic mass is 9.94. The van der Waals surface area contributed by atoms with E-state index in [0.29, 0.717) is 35.6 Å². The van der Waals surface area contributed by atoms with E-state index >= 15 is 4.39 Å². The van der Waals surface area contributed by atoms with Crippen LogP contribution >= 0.6 is 0 Å². The van der Waals surface area contributed by atoms with E-state index in [4.69, 9.17) is 14.5 Å². The van der Waals surface area contributed by atoms with Gasteiger partial charge in [0.1, 0.15) is 24.0 Å². The molecule has 10 heteroatoms. The fourth-order valence-corrected chi connectivity index (χ4v) is 7.52. The van der Waals surface area contributed by atoms with Gasteiger partial charge in [-0.1, -0.05) is 19.3 Å². The van der Waals surface area contributed by atoms with Gasteiger partial charge in [-0.15, -0.1) is 0 Å². The number of carboxylic acid groups (broad SMARTS) is 1. The Hall–Kier alpha value is -4.44. The summed E-state index contributed by atoms with van der Waals surface area (Å²) in [5.41, 5.74) is 4.64. The van der Waals surface area contributed by atoms with Gasteiger partial charge in [0.15, 0.2) is 0 Å². The van der Waals surface area contributed by atoms with Crippen molar-refractivity contribution >= 4 is 34.3 Å². The van der Waals surface area contributed by atoms with Crippen LogP contribution in [0.5, 0.6) is 5.75 Å². The van der Waals surface area contributed by atoms with Gasteiger partial charge in [-0.25, -0.2) is 14.2 Å². The first-order valence-electron chi connectivity index (χ1n) is 16.8. The zero-order valence-corrected chi connectivity index (χ0v) is 27.0. The minimum atomic E-state index is -1.02.